The lowest BCUT2D eigenvalue weighted by molar-refractivity contribution is 1.06. The van der Waals surface area contributed by atoms with E-state index in [1.54, 1.807) is 0 Å². The molecule has 0 fully saturated rings. The van der Waals surface area contributed by atoms with Crippen molar-refractivity contribution in [1.82, 2.24) is 9.13 Å². The molecule has 250 valence electrons. The highest BCUT2D eigenvalue weighted by molar-refractivity contribution is 7.99. The standard InChI is InChI=1S/C49H31ClN2S/c50-43-15-9-17-48-42(43)29-35-19-18-34(30-49(35)53-48)33-22-25-47-41(28-33)40-27-32(21-24-46(40)52(47)37-12-5-2-6-13-37)31-20-23-45-39(26-31)38-14-7-8-16-44(38)51(45)36-10-3-1-4-11-36/h1-28,30H,29H2. The van der Waals surface area contributed by atoms with Crippen molar-refractivity contribution in [3.8, 4) is 33.6 Å². The van der Waals surface area contributed by atoms with E-state index < -0.39 is 0 Å². The molecule has 0 amide bonds. The van der Waals surface area contributed by atoms with Crippen LogP contribution in [0.5, 0.6) is 0 Å². The average Bonchev–Trinajstić information content (AvgIpc) is 3.72. The Morgan fingerprint density at radius 3 is 1.49 bits per heavy atom. The summed E-state index contributed by atoms with van der Waals surface area (Å²) in [6.07, 6.45) is 0.864. The number of rotatable bonds is 4. The summed E-state index contributed by atoms with van der Waals surface area (Å²) >= 11 is 8.42. The molecule has 0 aliphatic carbocycles. The van der Waals surface area contributed by atoms with Crippen LogP contribution in [0.3, 0.4) is 0 Å². The quantitative estimate of drug-likeness (QED) is 0.176. The molecule has 0 spiro atoms. The number of aromatic nitrogens is 2. The molecular formula is C49H31ClN2S. The van der Waals surface area contributed by atoms with Gasteiger partial charge in [-0.15, -0.1) is 0 Å². The fraction of sp³-hybridized carbons (Fsp3) is 0.0204. The monoisotopic (exact) mass is 714 g/mol. The number of fused-ring (bicyclic) bond motifs is 8. The van der Waals surface area contributed by atoms with Crippen molar-refractivity contribution in [3.63, 3.8) is 0 Å². The van der Waals surface area contributed by atoms with Crippen LogP contribution < -0.4 is 0 Å². The van der Waals surface area contributed by atoms with Gasteiger partial charge in [-0.3, -0.25) is 0 Å². The molecule has 1 aliphatic rings. The van der Waals surface area contributed by atoms with E-state index in [0.717, 1.165) is 17.1 Å². The molecule has 1 aliphatic heterocycles. The highest BCUT2D eigenvalue weighted by atomic mass is 35.5. The Morgan fingerprint density at radius 2 is 0.887 bits per heavy atom. The van der Waals surface area contributed by atoms with Crippen LogP contribution in [0.15, 0.2) is 186 Å². The number of hydrogen-bond acceptors (Lipinski definition) is 1. The number of hydrogen-bond donors (Lipinski definition) is 0. The molecule has 8 aromatic carbocycles. The minimum absolute atomic E-state index is 0.850. The van der Waals surface area contributed by atoms with Crippen LogP contribution in [0, 0.1) is 0 Å². The van der Waals surface area contributed by atoms with E-state index in [2.05, 4.69) is 179 Å². The summed E-state index contributed by atoms with van der Waals surface area (Å²) in [5, 5.41) is 5.85. The molecule has 10 aromatic rings. The predicted molar refractivity (Wildman–Crippen MR) is 224 cm³/mol. The molecule has 4 heteroatoms. The third kappa shape index (κ3) is 4.89. The maximum Gasteiger partial charge on any atom is 0.0541 e. The van der Waals surface area contributed by atoms with E-state index in [1.807, 2.05) is 17.8 Å². The van der Waals surface area contributed by atoms with Gasteiger partial charge in [-0.25, -0.2) is 0 Å². The van der Waals surface area contributed by atoms with E-state index in [0.29, 0.717) is 0 Å². The Hall–Kier alpha value is -6.00. The Kier molecular flexibility index (Phi) is 6.95. The zero-order chi connectivity index (χ0) is 35.0. The topological polar surface area (TPSA) is 9.86 Å². The Balaban J connectivity index is 1.08. The van der Waals surface area contributed by atoms with Gasteiger partial charge < -0.3 is 9.13 Å². The Morgan fingerprint density at radius 1 is 0.396 bits per heavy atom. The molecule has 0 atom stereocenters. The summed E-state index contributed by atoms with van der Waals surface area (Å²) in [5.41, 5.74) is 14.6. The average molecular weight is 715 g/mol. The van der Waals surface area contributed by atoms with Gasteiger partial charge >= 0.3 is 0 Å². The maximum atomic E-state index is 6.59. The van der Waals surface area contributed by atoms with Crippen LogP contribution in [-0.4, -0.2) is 9.13 Å². The zero-order valence-electron chi connectivity index (χ0n) is 28.6. The van der Waals surface area contributed by atoms with Crippen molar-refractivity contribution in [1.29, 1.82) is 0 Å². The van der Waals surface area contributed by atoms with Gasteiger partial charge in [-0.2, -0.15) is 0 Å². The molecule has 2 aromatic heterocycles. The van der Waals surface area contributed by atoms with Crippen LogP contribution >= 0.6 is 23.4 Å². The first-order chi connectivity index (χ1) is 26.2. The fourth-order valence-corrected chi connectivity index (χ4v) is 9.78. The summed E-state index contributed by atoms with van der Waals surface area (Å²) in [6.45, 7) is 0. The first kappa shape index (κ1) is 30.6. The first-order valence-corrected chi connectivity index (χ1v) is 19.2. The summed E-state index contributed by atoms with van der Waals surface area (Å²) in [7, 11) is 0. The largest absolute Gasteiger partial charge is 0.309 e. The molecule has 0 unspecified atom stereocenters. The minimum atomic E-state index is 0.850. The van der Waals surface area contributed by atoms with Gasteiger partial charge in [0.2, 0.25) is 0 Å². The van der Waals surface area contributed by atoms with Gasteiger partial charge in [-0.1, -0.05) is 114 Å². The number of nitrogens with zero attached hydrogens (tertiary/aromatic N) is 2. The lowest BCUT2D eigenvalue weighted by Crippen LogP contribution is -2.00. The Bertz CT molecular complexity index is 3070. The molecule has 11 rings (SSSR count). The van der Waals surface area contributed by atoms with Gasteiger partial charge in [0.05, 0.1) is 22.1 Å². The lowest BCUT2D eigenvalue weighted by Gasteiger charge is -2.20. The molecule has 0 radical (unpaired) electrons. The molecule has 0 bridgehead atoms. The second-order valence-corrected chi connectivity index (χ2v) is 15.4. The van der Waals surface area contributed by atoms with E-state index in [1.165, 1.54) is 92.5 Å². The van der Waals surface area contributed by atoms with Gasteiger partial charge in [0.1, 0.15) is 0 Å². The molecule has 2 nitrogen and oxygen atoms in total. The molecule has 3 heterocycles. The summed E-state index contributed by atoms with van der Waals surface area (Å²) in [5.74, 6) is 0. The van der Waals surface area contributed by atoms with Crippen LogP contribution in [-0.2, 0) is 6.42 Å². The SMILES string of the molecule is Clc1cccc2c1Cc1ccc(-c3ccc4c(c3)c3cc(-c5ccc6c(c5)c5ccccc5n6-c5ccccc5)ccc3n4-c3ccccc3)cc1S2. The number of para-hydroxylation sites is 3. The van der Waals surface area contributed by atoms with Gasteiger partial charge in [0.15, 0.2) is 0 Å². The van der Waals surface area contributed by atoms with E-state index >= 15 is 0 Å². The maximum absolute atomic E-state index is 6.59. The van der Waals surface area contributed by atoms with Crippen LogP contribution in [0.4, 0.5) is 0 Å². The highest BCUT2D eigenvalue weighted by Crippen LogP contribution is 2.44. The van der Waals surface area contributed by atoms with E-state index in [9.17, 15) is 0 Å². The first-order valence-electron chi connectivity index (χ1n) is 18.0. The second kappa shape index (κ2) is 12.0. The van der Waals surface area contributed by atoms with Crippen molar-refractivity contribution in [2.24, 2.45) is 0 Å². The molecular weight excluding hydrogens is 684 g/mol. The number of benzene rings is 8. The lowest BCUT2D eigenvalue weighted by atomic mass is 9.97. The van der Waals surface area contributed by atoms with Gasteiger partial charge in [0.25, 0.3) is 0 Å². The highest BCUT2D eigenvalue weighted by Gasteiger charge is 2.20. The van der Waals surface area contributed by atoms with Gasteiger partial charge in [-0.05, 0) is 118 Å². The third-order valence-corrected chi connectivity index (χ3v) is 12.4. The second-order valence-electron chi connectivity index (χ2n) is 13.9. The van der Waals surface area contributed by atoms with Crippen LogP contribution in [0.1, 0.15) is 11.1 Å². The molecule has 53 heavy (non-hydrogen) atoms. The normalized spacial score (nSPS) is 12.5. The van der Waals surface area contributed by atoms with Crippen LogP contribution in [0.25, 0.3) is 77.2 Å². The fourth-order valence-electron chi connectivity index (χ4n) is 8.34. The van der Waals surface area contributed by atoms with E-state index in [-0.39, 0.29) is 0 Å². The third-order valence-electron chi connectivity index (χ3n) is 10.9. The zero-order valence-corrected chi connectivity index (χ0v) is 30.2. The molecule has 0 saturated heterocycles. The van der Waals surface area contributed by atoms with Crippen LogP contribution in [0.2, 0.25) is 5.02 Å². The minimum Gasteiger partial charge on any atom is -0.309 e. The smallest absolute Gasteiger partial charge is 0.0541 e. The van der Waals surface area contributed by atoms with Crippen molar-refractivity contribution in [2.75, 3.05) is 0 Å². The Labute approximate surface area is 316 Å². The molecule has 0 saturated carbocycles. The van der Waals surface area contributed by atoms with Crippen molar-refractivity contribution in [3.05, 3.63) is 192 Å². The van der Waals surface area contributed by atoms with Crippen molar-refractivity contribution in [2.45, 2.75) is 16.2 Å². The van der Waals surface area contributed by atoms with Gasteiger partial charge in [0, 0.05) is 54.2 Å². The molecule has 0 N–H and O–H groups in total. The summed E-state index contributed by atoms with van der Waals surface area (Å²) in [6, 6.07) is 64.1. The number of halogens is 1. The van der Waals surface area contributed by atoms with Crippen molar-refractivity contribution < 1.29 is 0 Å². The summed E-state index contributed by atoms with van der Waals surface area (Å²) in [4.78, 5) is 2.55. The predicted octanol–water partition coefficient (Wildman–Crippen LogP) is 13.9. The van der Waals surface area contributed by atoms with E-state index in [4.69, 9.17) is 11.6 Å². The summed E-state index contributed by atoms with van der Waals surface area (Å²) < 4.78 is 4.78. The van der Waals surface area contributed by atoms with Crippen molar-refractivity contribution >= 4 is 67.0 Å².